The number of sulfone groups is 1. The Labute approximate surface area is 180 Å². The van der Waals surface area contributed by atoms with Gasteiger partial charge in [0.1, 0.15) is 11.6 Å². The van der Waals surface area contributed by atoms with Gasteiger partial charge in [-0.15, -0.1) is 0 Å². The molecule has 0 amide bonds. The molecule has 0 atom stereocenters. The number of rotatable bonds is 4. The lowest BCUT2D eigenvalue weighted by Gasteiger charge is -2.05. The Hall–Kier alpha value is -3.45. The average molecular weight is 431 g/mol. The van der Waals surface area contributed by atoms with Gasteiger partial charge in [-0.3, -0.25) is 0 Å². The fourth-order valence-corrected chi connectivity index (χ4v) is 4.98. The maximum absolute atomic E-state index is 13.3. The van der Waals surface area contributed by atoms with Gasteiger partial charge in [-0.05, 0) is 49.4 Å². The number of aryl methyl sites for hydroxylation is 1. The molecule has 0 saturated heterocycles. The standard InChI is InChI=1S/C24H22N4O2S/c1-14(2)23-25-19-9-7-17(12-21(19)27-23)31(29,30)18-8-10-20-22(13-18)28-24(26-20)16-6-4-5-15(3)11-16/h4-14H,1-3H3,(H,25,27)(H,26,28). The van der Waals surface area contributed by atoms with E-state index < -0.39 is 9.84 Å². The van der Waals surface area contributed by atoms with E-state index in [1.54, 1.807) is 36.4 Å². The van der Waals surface area contributed by atoms with E-state index in [1.807, 2.05) is 45.0 Å². The number of H-pyrrole nitrogens is 2. The van der Waals surface area contributed by atoms with Gasteiger partial charge in [-0.25, -0.2) is 18.4 Å². The van der Waals surface area contributed by atoms with E-state index in [9.17, 15) is 8.42 Å². The van der Waals surface area contributed by atoms with Crippen LogP contribution in [0.1, 0.15) is 31.2 Å². The first-order valence-corrected chi connectivity index (χ1v) is 11.6. The highest BCUT2D eigenvalue weighted by Gasteiger charge is 2.20. The molecule has 2 heterocycles. The van der Waals surface area contributed by atoms with Crippen LogP contribution in [0, 0.1) is 6.92 Å². The molecule has 31 heavy (non-hydrogen) atoms. The van der Waals surface area contributed by atoms with Gasteiger partial charge in [0, 0.05) is 11.5 Å². The molecule has 0 radical (unpaired) electrons. The van der Waals surface area contributed by atoms with Crippen LogP contribution in [-0.2, 0) is 9.84 Å². The number of hydrogen-bond donors (Lipinski definition) is 2. The summed E-state index contributed by atoms with van der Waals surface area (Å²) in [6.07, 6.45) is 0. The van der Waals surface area contributed by atoms with Crippen LogP contribution in [0.25, 0.3) is 33.5 Å². The minimum Gasteiger partial charge on any atom is -0.342 e. The number of benzene rings is 3. The molecular formula is C24H22N4O2S. The highest BCUT2D eigenvalue weighted by Crippen LogP contribution is 2.28. The molecule has 0 bridgehead atoms. The fourth-order valence-electron chi connectivity index (χ4n) is 3.67. The second kappa shape index (κ2) is 7.06. The van der Waals surface area contributed by atoms with Crippen molar-refractivity contribution < 1.29 is 8.42 Å². The molecular weight excluding hydrogens is 408 g/mol. The predicted octanol–water partition coefficient (Wildman–Crippen LogP) is 5.37. The van der Waals surface area contributed by atoms with Gasteiger partial charge in [0.2, 0.25) is 9.84 Å². The Morgan fingerprint density at radius 3 is 2.10 bits per heavy atom. The number of nitrogens with one attached hydrogen (secondary N) is 2. The summed E-state index contributed by atoms with van der Waals surface area (Å²) in [6, 6.07) is 18.0. The van der Waals surface area contributed by atoms with Crippen molar-refractivity contribution in [3.05, 3.63) is 72.1 Å². The van der Waals surface area contributed by atoms with Crippen molar-refractivity contribution in [3.8, 4) is 11.4 Å². The first-order valence-electron chi connectivity index (χ1n) is 10.1. The molecule has 2 N–H and O–H groups in total. The van der Waals surface area contributed by atoms with Crippen LogP contribution in [-0.4, -0.2) is 28.4 Å². The van der Waals surface area contributed by atoms with Crippen LogP contribution in [0.3, 0.4) is 0 Å². The Kier molecular flexibility index (Phi) is 4.44. The average Bonchev–Trinajstić information content (AvgIpc) is 3.37. The zero-order valence-electron chi connectivity index (χ0n) is 17.5. The number of hydrogen-bond acceptors (Lipinski definition) is 4. The number of nitrogens with zero attached hydrogens (tertiary/aromatic N) is 2. The van der Waals surface area contributed by atoms with Crippen molar-refractivity contribution in [2.24, 2.45) is 0 Å². The van der Waals surface area contributed by atoms with E-state index in [1.165, 1.54) is 0 Å². The topological polar surface area (TPSA) is 91.5 Å². The maximum atomic E-state index is 13.3. The second-order valence-corrected chi connectivity index (χ2v) is 10.0. The van der Waals surface area contributed by atoms with Crippen LogP contribution in [0.5, 0.6) is 0 Å². The molecule has 0 aliphatic carbocycles. The van der Waals surface area contributed by atoms with Crippen molar-refractivity contribution in [1.29, 1.82) is 0 Å². The molecule has 7 heteroatoms. The van der Waals surface area contributed by atoms with Gasteiger partial charge in [0.25, 0.3) is 0 Å². The lowest BCUT2D eigenvalue weighted by molar-refractivity contribution is 0.596. The zero-order chi connectivity index (χ0) is 21.8. The molecule has 6 nitrogen and oxygen atoms in total. The quantitative estimate of drug-likeness (QED) is 0.401. The number of aromatic amines is 2. The van der Waals surface area contributed by atoms with Gasteiger partial charge in [-0.2, -0.15) is 0 Å². The molecule has 0 saturated carbocycles. The highest BCUT2D eigenvalue weighted by atomic mass is 32.2. The van der Waals surface area contributed by atoms with Crippen LogP contribution in [0.15, 0.2) is 70.5 Å². The Balaban J connectivity index is 1.56. The smallest absolute Gasteiger partial charge is 0.206 e. The van der Waals surface area contributed by atoms with E-state index in [0.717, 1.165) is 28.0 Å². The first-order chi connectivity index (χ1) is 14.8. The van der Waals surface area contributed by atoms with Crippen molar-refractivity contribution >= 4 is 31.9 Å². The normalized spacial score (nSPS) is 12.3. The summed E-state index contributed by atoms with van der Waals surface area (Å²) in [5.74, 6) is 1.79. The lowest BCUT2D eigenvalue weighted by Crippen LogP contribution is -2.01. The monoisotopic (exact) mass is 430 g/mol. The third kappa shape index (κ3) is 3.41. The molecule has 0 unspecified atom stereocenters. The van der Waals surface area contributed by atoms with E-state index in [0.29, 0.717) is 16.9 Å². The summed E-state index contributed by atoms with van der Waals surface area (Å²) >= 11 is 0. The van der Waals surface area contributed by atoms with Crippen molar-refractivity contribution in [2.45, 2.75) is 36.5 Å². The highest BCUT2D eigenvalue weighted by molar-refractivity contribution is 7.91. The van der Waals surface area contributed by atoms with Crippen molar-refractivity contribution in [3.63, 3.8) is 0 Å². The van der Waals surface area contributed by atoms with E-state index >= 15 is 0 Å². The molecule has 0 aliphatic heterocycles. The Morgan fingerprint density at radius 1 is 0.806 bits per heavy atom. The van der Waals surface area contributed by atoms with Crippen LogP contribution in [0.4, 0.5) is 0 Å². The summed E-state index contributed by atoms with van der Waals surface area (Å²) in [5, 5.41) is 0. The summed E-state index contributed by atoms with van der Waals surface area (Å²) < 4.78 is 26.6. The third-order valence-electron chi connectivity index (χ3n) is 5.38. The van der Waals surface area contributed by atoms with Crippen LogP contribution >= 0.6 is 0 Å². The molecule has 156 valence electrons. The summed E-state index contributed by atoms with van der Waals surface area (Å²) in [5.41, 5.74) is 4.98. The second-order valence-electron chi connectivity index (χ2n) is 8.09. The summed E-state index contributed by atoms with van der Waals surface area (Å²) in [7, 11) is -3.69. The number of aromatic nitrogens is 4. The first kappa shape index (κ1) is 19.5. The zero-order valence-corrected chi connectivity index (χ0v) is 18.3. The minimum atomic E-state index is -3.69. The number of fused-ring (bicyclic) bond motifs is 2. The van der Waals surface area contributed by atoms with Gasteiger partial charge < -0.3 is 9.97 Å². The van der Waals surface area contributed by atoms with Crippen molar-refractivity contribution in [1.82, 2.24) is 19.9 Å². The van der Waals surface area contributed by atoms with Gasteiger partial charge in [0.15, 0.2) is 0 Å². The molecule has 2 aromatic heterocycles. The molecule has 0 spiro atoms. The Morgan fingerprint density at radius 2 is 1.45 bits per heavy atom. The van der Waals surface area contributed by atoms with Gasteiger partial charge >= 0.3 is 0 Å². The number of imidazole rings is 2. The van der Waals surface area contributed by atoms with E-state index in [4.69, 9.17) is 0 Å². The van der Waals surface area contributed by atoms with Gasteiger partial charge in [-0.1, -0.05) is 37.6 Å². The predicted molar refractivity (Wildman–Crippen MR) is 122 cm³/mol. The molecule has 0 aliphatic rings. The molecule has 3 aromatic carbocycles. The van der Waals surface area contributed by atoms with E-state index in [2.05, 4.69) is 19.9 Å². The van der Waals surface area contributed by atoms with Gasteiger partial charge in [0.05, 0.1) is 31.9 Å². The SMILES string of the molecule is Cc1cccc(-c2nc3ccc(S(=O)(=O)c4ccc5nc(C(C)C)[nH]c5c4)cc3[nH]2)c1. The lowest BCUT2D eigenvalue weighted by atomic mass is 10.1. The molecule has 0 fully saturated rings. The Bertz CT molecular complexity index is 1540. The minimum absolute atomic E-state index is 0.224. The molecule has 5 rings (SSSR count). The van der Waals surface area contributed by atoms with E-state index in [-0.39, 0.29) is 15.7 Å². The van der Waals surface area contributed by atoms with Crippen molar-refractivity contribution in [2.75, 3.05) is 0 Å². The molecule has 5 aromatic rings. The van der Waals surface area contributed by atoms with Crippen LogP contribution < -0.4 is 0 Å². The van der Waals surface area contributed by atoms with Crippen LogP contribution in [0.2, 0.25) is 0 Å². The largest absolute Gasteiger partial charge is 0.342 e. The summed E-state index contributed by atoms with van der Waals surface area (Å²) in [4.78, 5) is 16.1. The third-order valence-corrected chi connectivity index (χ3v) is 7.13. The summed E-state index contributed by atoms with van der Waals surface area (Å²) in [6.45, 7) is 6.11. The maximum Gasteiger partial charge on any atom is 0.206 e. The fraction of sp³-hybridized carbons (Fsp3) is 0.167.